The zero-order valence-electron chi connectivity index (χ0n) is 16.2. The Kier molecular flexibility index (Phi) is 5.05. The van der Waals surface area contributed by atoms with Gasteiger partial charge in [-0.1, -0.05) is 25.1 Å². The highest BCUT2D eigenvalue weighted by atomic mass is 19.4. The number of carbonyl (C=O) groups excluding carboxylic acids is 1. The van der Waals surface area contributed by atoms with E-state index < -0.39 is 23.3 Å². The predicted octanol–water partition coefficient (Wildman–Crippen LogP) is 6.27. The second-order valence-corrected chi connectivity index (χ2v) is 8.01. The zero-order chi connectivity index (χ0) is 20.6. The van der Waals surface area contributed by atoms with Crippen LogP contribution in [0, 0.1) is 11.8 Å². The molecule has 0 heterocycles. The normalized spacial score (nSPS) is 25.8. The number of hydrogen-bond donors (Lipinski definition) is 0. The average Bonchev–Trinajstić information content (AvgIpc) is 3.29. The Hall–Kier alpha value is -2.50. The molecule has 2 saturated carbocycles. The second-order valence-electron chi connectivity index (χ2n) is 8.01. The highest BCUT2D eigenvalue weighted by molar-refractivity contribution is 5.91. The van der Waals surface area contributed by atoms with Gasteiger partial charge in [0.25, 0.3) is 0 Å². The van der Waals surface area contributed by atoms with Gasteiger partial charge in [0, 0.05) is 0 Å². The van der Waals surface area contributed by atoms with Gasteiger partial charge in [-0.25, -0.2) is 4.79 Å². The number of alkyl halides is 3. The molecule has 3 nitrogen and oxygen atoms in total. The third-order valence-corrected chi connectivity index (χ3v) is 6.31. The van der Waals surface area contributed by atoms with Gasteiger partial charge in [-0.05, 0) is 74.3 Å². The molecule has 0 amide bonds. The Morgan fingerprint density at radius 2 is 1.90 bits per heavy atom. The van der Waals surface area contributed by atoms with Crippen LogP contribution in [-0.4, -0.2) is 11.6 Å². The Balaban J connectivity index is 1.65. The van der Waals surface area contributed by atoms with E-state index in [-0.39, 0.29) is 17.2 Å². The predicted molar refractivity (Wildman–Crippen MR) is 102 cm³/mol. The van der Waals surface area contributed by atoms with Crippen molar-refractivity contribution in [2.24, 2.45) is 11.8 Å². The Bertz CT molecular complexity index is 894. The Morgan fingerprint density at radius 1 is 1.14 bits per heavy atom. The molecule has 0 spiro atoms. The topological polar surface area (TPSA) is 35.5 Å². The number of esters is 1. The number of fused-ring (bicyclic) bond motifs is 2. The van der Waals surface area contributed by atoms with Crippen LogP contribution in [0.5, 0.6) is 11.5 Å². The largest absolute Gasteiger partial charge is 0.486 e. The molecule has 29 heavy (non-hydrogen) atoms. The summed E-state index contributed by atoms with van der Waals surface area (Å²) >= 11 is 0. The number of ether oxygens (including phenoxy) is 2. The molecule has 154 valence electrons. The molecule has 0 radical (unpaired) electrons. The molecule has 2 aromatic rings. The summed E-state index contributed by atoms with van der Waals surface area (Å²) in [4.78, 5) is 12.5. The summed E-state index contributed by atoms with van der Waals surface area (Å²) in [6.07, 6.45) is -0.0517. The molecule has 4 rings (SSSR count). The van der Waals surface area contributed by atoms with Crippen LogP contribution in [-0.2, 0) is 6.18 Å². The monoisotopic (exact) mass is 404 g/mol. The standard InChI is InChI=1S/C23H23F3O3/c1-2-22(14-15-8-10-17(22)12-15)29-20-13-16(9-11-19(20)23(24,25)26)21(27)28-18-6-4-3-5-7-18/h3-7,9,11,13,15,17H,2,8,10,12,14H2,1H3. The first kappa shape index (κ1) is 19.8. The molecule has 0 N–H and O–H groups in total. The fraction of sp³-hybridized carbons (Fsp3) is 0.435. The number of carbonyl (C=O) groups is 1. The summed E-state index contributed by atoms with van der Waals surface area (Å²) < 4.78 is 52.3. The molecule has 6 heteroatoms. The molecule has 2 aliphatic rings. The van der Waals surface area contributed by atoms with Crippen LogP contribution in [0.1, 0.15) is 54.9 Å². The van der Waals surface area contributed by atoms with E-state index in [4.69, 9.17) is 9.47 Å². The van der Waals surface area contributed by atoms with E-state index in [0.717, 1.165) is 37.8 Å². The lowest BCUT2D eigenvalue weighted by molar-refractivity contribution is -0.140. The van der Waals surface area contributed by atoms with Gasteiger partial charge in [0.05, 0.1) is 11.1 Å². The van der Waals surface area contributed by atoms with Crippen molar-refractivity contribution in [1.29, 1.82) is 0 Å². The molecule has 0 aliphatic heterocycles. The van der Waals surface area contributed by atoms with Gasteiger partial charge in [0.15, 0.2) is 0 Å². The minimum Gasteiger partial charge on any atom is -0.486 e. The molecule has 2 aliphatic carbocycles. The first-order valence-corrected chi connectivity index (χ1v) is 9.98. The third kappa shape index (κ3) is 3.85. The molecule has 3 atom stereocenters. The minimum absolute atomic E-state index is 0.0336. The summed E-state index contributed by atoms with van der Waals surface area (Å²) in [6.45, 7) is 1.96. The van der Waals surface area contributed by atoms with Crippen molar-refractivity contribution >= 4 is 5.97 Å². The van der Waals surface area contributed by atoms with Gasteiger partial charge in [-0.3, -0.25) is 0 Å². The maximum atomic E-state index is 13.6. The van der Waals surface area contributed by atoms with Crippen molar-refractivity contribution in [3.05, 3.63) is 59.7 Å². The number of benzene rings is 2. The number of rotatable bonds is 5. The van der Waals surface area contributed by atoms with E-state index in [1.54, 1.807) is 30.3 Å². The average molecular weight is 404 g/mol. The zero-order valence-corrected chi connectivity index (χ0v) is 16.2. The van der Waals surface area contributed by atoms with Gasteiger partial charge in [0.1, 0.15) is 17.1 Å². The van der Waals surface area contributed by atoms with Crippen LogP contribution in [0.4, 0.5) is 13.2 Å². The molecular formula is C23H23F3O3. The highest BCUT2D eigenvalue weighted by Crippen LogP contribution is 2.54. The van der Waals surface area contributed by atoms with E-state index >= 15 is 0 Å². The van der Waals surface area contributed by atoms with Crippen LogP contribution in [0.3, 0.4) is 0 Å². The Morgan fingerprint density at radius 3 is 2.48 bits per heavy atom. The summed E-state index contributed by atoms with van der Waals surface area (Å²) in [5.74, 6) is 0.111. The number of para-hydroxylation sites is 1. The van der Waals surface area contributed by atoms with Crippen molar-refractivity contribution in [3.8, 4) is 11.5 Å². The first-order chi connectivity index (χ1) is 13.8. The van der Waals surface area contributed by atoms with Crippen LogP contribution < -0.4 is 9.47 Å². The van der Waals surface area contributed by atoms with E-state index in [9.17, 15) is 18.0 Å². The first-order valence-electron chi connectivity index (χ1n) is 9.98. The van der Waals surface area contributed by atoms with E-state index in [1.165, 1.54) is 6.07 Å². The lowest BCUT2D eigenvalue weighted by Crippen LogP contribution is -2.41. The summed E-state index contributed by atoms with van der Waals surface area (Å²) in [7, 11) is 0. The molecule has 0 saturated heterocycles. The van der Waals surface area contributed by atoms with Gasteiger partial charge in [-0.2, -0.15) is 13.2 Å². The van der Waals surface area contributed by atoms with Gasteiger partial charge in [0.2, 0.25) is 0 Å². The van der Waals surface area contributed by atoms with Gasteiger partial charge < -0.3 is 9.47 Å². The fourth-order valence-electron chi connectivity index (χ4n) is 4.87. The molecular weight excluding hydrogens is 381 g/mol. The molecule has 2 bridgehead atoms. The van der Waals surface area contributed by atoms with Crippen molar-refractivity contribution < 1.29 is 27.4 Å². The summed E-state index contributed by atoms with van der Waals surface area (Å²) in [5, 5.41) is 0. The number of hydrogen-bond acceptors (Lipinski definition) is 3. The van der Waals surface area contributed by atoms with E-state index in [2.05, 4.69) is 0 Å². The quantitative estimate of drug-likeness (QED) is 0.435. The van der Waals surface area contributed by atoms with Crippen molar-refractivity contribution in [2.45, 2.75) is 50.8 Å². The molecule has 2 fully saturated rings. The summed E-state index contributed by atoms with van der Waals surface area (Å²) in [6, 6.07) is 11.7. The maximum Gasteiger partial charge on any atom is 0.419 e. The Labute approximate surface area is 167 Å². The van der Waals surface area contributed by atoms with Crippen molar-refractivity contribution in [2.75, 3.05) is 0 Å². The minimum atomic E-state index is -4.57. The smallest absolute Gasteiger partial charge is 0.419 e. The lowest BCUT2D eigenvalue weighted by atomic mass is 9.82. The molecule has 3 unspecified atom stereocenters. The number of halogens is 3. The van der Waals surface area contributed by atoms with Crippen molar-refractivity contribution in [3.63, 3.8) is 0 Å². The molecule has 0 aromatic heterocycles. The SMILES string of the molecule is CCC1(Oc2cc(C(=O)Oc3ccccc3)ccc2C(F)(F)F)CC2CCC1C2. The van der Waals surface area contributed by atoms with Crippen molar-refractivity contribution in [1.82, 2.24) is 0 Å². The van der Waals surface area contributed by atoms with E-state index in [0.29, 0.717) is 18.1 Å². The van der Waals surface area contributed by atoms with Crippen LogP contribution in [0.15, 0.2) is 48.5 Å². The van der Waals surface area contributed by atoms with Gasteiger partial charge >= 0.3 is 12.1 Å². The fourth-order valence-corrected chi connectivity index (χ4v) is 4.87. The lowest BCUT2D eigenvalue weighted by Gasteiger charge is -2.38. The maximum absolute atomic E-state index is 13.6. The second kappa shape index (κ2) is 7.39. The van der Waals surface area contributed by atoms with Crippen LogP contribution >= 0.6 is 0 Å². The highest BCUT2D eigenvalue weighted by Gasteiger charge is 2.52. The molecule has 2 aromatic carbocycles. The van der Waals surface area contributed by atoms with Gasteiger partial charge in [-0.15, -0.1) is 0 Å². The van der Waals surface area contributed by atoms with E-state index in [1.807, 2.05) is 6.92 Å². The third-order valence-electron chi connectivity index (χ3n) is 6.31. The van der Waals surface area contributed by atoms with Crippen LogP contribution in [0.25, 0.3) is 0 Å². The van der Waals surface area contributed by atoms with Crippen LogP contribution in [0.2, 0.25) is 0 Å². The summed E-state index contributed by atoms with van der Waals surface area (Å²) in [5.41, 5.74) is -1.42.